The first kappa shape index (κ1) is 14.6. The van der Waals surface area contributed by atoms with Crippen molar-refractivity contribution >= 4 is 23.2 Å². The molecule has 0 saturated heterocycles. The molecule has 1 aromatic carbocycles. The minimum Gasteiger partial charge on any atom is -0.469 e. The first-order chi connectivity index (χ1) is 8.52. The number of esters is 1. The maximum absolute atomic E-state index is 11.0. The molecule has 1 aromatic rings. The molecule has 0 bridgehead atoms. The van der Waals surface area contributed by atoms with E-state index < -0.39 is 0 Å². The van der Waals surface area contributed by atoms with Crippen LogP contribution in [0.2, 0.25) is 0 Å². The normalized spacial score (nSPS) is 10.4. The second-order valence-electron chi connectivity index (χ2n) is 4.13. The summed E-state index contributed by atoms with van der Waals surface area (Å²) in [5.74, 6) is -0.196. The van der Waals surface area contributed by atoms with Gasteiger partial charge in [0.15, 0.2) is 0 Å². The second kappa shape index (κ2) is 7.08. The van der Waals surface area contributed by atoms with E-state index in [0.29, 0.717) is 18.0 Å². The molecule has 0 aliphatic heterocycles. The Kier molecular flexibility index (Phi) is 5.74. The van der Waals surface area contributed by atoms with Crippen LogP contribution >= 0.6 is 12.2 Å². The third-order valence-electron chi connectivity index (χ3n) is 2.59. The number of nitrogens with zero attached hydrogens (tertiary/aromatic N) is 1. The summed E-state index contributed by atoms with van der Waals surface area (Å²) in [6.45, 7) is 1.40. The van der Waals surface area contributed by atoms with Crippen molar-refractivity contribution in [2.45, 2.75) is 13.0 Å². The lowest BCUT2D eigenvalue weighted by Crippen LogP contribution is -2.22. The van der Waals surface area contributed by atoms with E-state index in [2.05, 4.69) is 9.64 Å². The lowest BCUT2D eigenvalue weighted by molar-refractivity contribution is -0.140. The minimum atomic E-state index is -0.196. The highest BCUT2D eigenvalue weighted by atomic mass is 32.1. The lowest BCUT2D eigenvalue weighted by atomic mass is 10.1. The summed E-state index contributed by atoms with van der Waals surface area (Å²) in [7, 11) is 3.35. The molecule has 98 valence electrons. The van der Waals surface area contributed by atoms with E-state index in [1.807, 2.05) is 31.3 Å². The van der Waals surface area contributed by atoms with Crippen molar-refractivity contribution in [3.8, 4) is 0 Å². The maximum Gasteiger partial charge on any atom is 0.306 e. The maximum atomic E-state index is 11.0. The molecule has 18 heavy (non-hydrogen) atoms. The van der Waals surface area contributed by atoms with Gasteiger partial charge in [0.2, 0.25) is 0 Å². The molecule has 0 aliphatic carbocycles. The molecule has 0 spiro atoms. The first-order valence-electron chi connectivity index (χ1n) is 5.67. The third-order valence-corrected chi connectivity index (χ3v) is 2.83. The van der Waals surface area contributed by atoms with Gasteiger partial charge in [0.25, 0.3) is 0 Å². The molecule has 0 aliphatic rings. The number of methoxy groups -OCH3 is 1. The SMILES string of the molecule is COC(=O)CCN(C)Cc1cccc(C(N)=S)c1. The summed E-state index contributed by atoms with van der Waals surface area (Å²) >= 11 is 4.94. The minimum absolute atomic E-state index is 0.196. The summed E-state index contributed by atoms with van der Waals surface area (Å²) < 4.78 is 4.60. The number of hydrogen-bond acceptors (Lipinski definition) is 4. The van der Waals surface area contributed by atoms with E-state index in [1.165, 1.54) is 7.11 Å². The number of ether oxygens (including phenoxy) is 1. The van der Waals surface area contributed by atoms with Crippen LogP contribution in [0.4, 0.5) is 0 Å². The number of hydrogen-bond donors (Lipinski definition) is 1. The van der Waals surface area contributed by atoms with E-state index in [1.54, 1.807) is 0 Å². The molecule has 5 heteroatoms. The van der Waals surface area contributed by atoms with Gasteiger partial charge in [-0.05, 0) is 18.7 Å². The molecule has 0 saturated carbocycles. The molecule has 4 nitrogen and oxygen atoms in total. The van der Waals surface area contributed by atoms with Crippen LogP contribution in [0.5, 0.6) is 0 Å². The molecular weight excluding hydrogens is 248 g/mol. The highest BCUT2D eigenvalue weighted by molar-refractivity contribution is 7.80. The van der Waals surface area contributed by atoms with Crippen LogP contribution in [0, 0.1) is 0 Å². The van der Waals surface area contributed by atoms with Crippen LogP contribution in [0.3, 0.4) is 0 Å². The van der Waals surface area contributed by atoms with E-state index in [9.17, 15) is 4.79 Å². The van der Waals surface area contributed by atoms with Crippen molar-refractivity contribution in [2.24, 2.45) is 5.73 Å². The first-order valence-corrected chi connectivity index (χ1v) is 6.08. The molecule has 1 rings (SSSR count). The zero-order valence-electron chi connectivity index (χ0n) is 10.7. The smallest absolute Gasteiger partial charge is 0.306 e. The topological polar surface area (TPSA) is 55.6 Å². The van der Waals surface area contributed by atoms with Crippen molar-refractivity contribution in [3.05, 3.63) is 35.4 Å². The van der Waals surface area contributed by atoms with Crippen LogP contribution in [-0.2, 0) is 16.1 Å². The quantitative estimate of drug-likeness (QED) is 0.621. The zero-order valence-corrected chi connectivity index (χ0v) is 11.5. The van der Waals surface area contributed by atoms with Crippen LogP contribution in [0.1, 0.15) is 17.5 Å². The molecule has 0 radical (unpaired) electrons. The van der Waals surface area contributed by atoms with Crippen LogP contribution in [0.15, 0.2) is 24.3 Å². The zero-order chi connectivity index (χ0) is 13.5. The van der Waals surface area contributed by atoms with E-state index in [-0.39, 0.29) is 5.97 Å². The van der Waals surface area contributed by atoms with Gasteiger partial charge < -0.3 is 15.4 Å². The lowest BCUT2D eigenvalue weighted by Gasteiger charge is -2.16. The molecule has 0 amide bonds. The standard InChI is InChI=1S/C13H18N2O2S/c1-15(7-6-12(16)17-2)9-10-4-3-5-11(8-10)13(14)18/h3-5,8H,6-7,9H2,1-2H3,(H2,14,18). The number of carbonyl (C=O) groups excluding carboxylic acids is 1. The van der Waals surface area contributed by atoms with Gasteiger partial charge in [-0.1, -0.05) is 30.4 Å². The summed E-state index contributed by atoms with van der Waals surface area (Å²) in [5, 5.41) is 0. The molecule has 2 N–H and O–H groups in total. The molecular formula is C13H18N2O2S. The van der Waals surface area contributed by atoms with Crippen molar-refractivity contribution in [1.82, 2.24) is 4.90 Å². The Hall–Kier alpha value is -1.46. The fourth-order valence-corrected chi connectivity index (χ4v) is 1.72. The van der Waals surface area contributed by atoms with E-state index in [4.69, 9.17) is 18.0 Å². The van der Waals surface area contributed by atoms with Crippen molar-refractivity contribution < 1.29 is 9.53 Å². The van der Waals surface area contributed by atoms with E-state index in [0.717, 1.165) is 17.7 Å². The largest absolute Gasteiger partial charge is 0.469 e. The summed E-state index contributed by atoms with van der Waals surface area (Å²) in [6.07, 6.45) is 0.391. The number of nitrogens with two attached hydrogens (primary N) is 1. The van der Waals surface area contributed by atoms with E-state index >= 15 is 0 Å². The Morgan fingerprint density at radius 1 is 1.50 bits per heavy atom. The van der Waals surface area contributed by atoms with Crippen molar-refractivity contribution in [3.63, 3.8) is 0 Å². The Balaban J connectivity index is 2.53. The summed E-state index contributed by atoms with van der Waals surface area (Å²) in [5.41, 5.74) is 7.57. The summed E-state index contributed by atoms with van der Waals surface area (Å²) in [4.78, 5) is 13.5. The predicted octanol–water partition coefficient (Wildman–Crippen LogP) is 1.32. The van der Waals surface area contributed by atoms with Crippen LogP contribution in [-0.4, -0.2) is 36.6 Å². The molecule has 0 unspecified atom stereocenters. The average molecular weight is 266 g/mol. The van der Waals surface area contributed by atoms with Gasteiger partial charge in [0.1, 0.15) is 4.99 Å². The predicted molar refractivity (Wildman–Crippen MR) is 75.3 cm³/mol. The monoisotopic (exact) mass is 266 g/mol. The van der Waals surface area contributed by atoms with Crippen LogP contribution in [0.25, 0.3) is 0 Å². The number of carbonyl (C=O) groups is 1. The van der Waals surface area contributed by atoms with Gasteiger partial charge in [0, 0.05) is 18.7 Å². The third kappa shape index (κ3) is 4.81. The highest BCUT2D eigenvalue weighted by Gasteiger charge is 2.05. The van der Waals surface area contributed by atoms with Crippen LogP contribution < -0.4 is 5.73 Å². The molecule has 0 atom stereocenters. The number of rotatable bonds is 6. The average Bonchev–Trinajstić information content (AvgIpc) is 2.36. The van der Waals surface area contributed by atoms with Gasteiger partial charge in [-0.3, -0.25) is 4.79 Å². The summed E-state index contributed by atoms with van der Waals surface area (Å²) in [6, 6.07) is 7.80. The van der Waals surface area contributed by atoms with Gasteiger partial charge in [-0.15, -0.1) is 0 Å². The van der Waals surface area contributed by atoms with Crippen molar-refractivity contribution in [1.29, 1.82) is 0 Å². The molecule has 0 heterocycles. The Bertz CT molecular complexity index is 435. The Labute approximate surface area is 113 Å². The van der Waals surface area contributed by atoms with Crippen molar-refractivity contribution in [2.75, 3.05) is 20.7 Å². The Morgan fingerprint density at radius 2 is 2.22 bits per heavy atom. The molecule has 0 fully saturated rings. The fraction of sp³-hybridized carbons (Fsp3) is 0.385. The number of thiocarbonyl (C=S) groups is 1. The van der Waals surface area contributed by atoms with Gasteiger partial charge in [0.05, 0.1) is 13.5 Å². The van der Waals surface area contributed by atoms with Gasteiger partial charge in [-0.25, -0.2) is 0 Å². The second-order valence-corrected chi connectivity index (χ2v) is 4.57. The fourth-order valence-electron chi connectivity index (χ4n) is 1.60. The van der Waals surface area contributed by atoms with Gasteiger partial charge in [-0.2, -0.15) is 0 Å². The number of benzene rings is 1. The van der Waals surface area contributed by atoms with Gasteiger partial charge >= 0.3 is 5.97 Å². The Morgan fingerprint density at radius 3 is 2.83 bits per heavy atom. The molecule has 0 aromatic heterocycles. The highest BCUT2D eigenvalue weighted by Crippen LogP contribution is 2.08.